The van der Waals surface area contributed by atoms with Crippen molar-refractivity contribution in [3.63, 3.8) is 0 Å². The van der Waals surface area contributed by atoms with Crippen LogP contribution in [-0.2, 0) is 19.6 Å². The lowest BCUT2D eigenvalue weighted by atomic mass is 10.1. The number of hydrogen-bond donors (Lipinski definition) is 0. The smallest absolute Gasteiger partial charge is 0.257 e. The summed E-state index contributed by atoms with van der Waals surface area (Å²) in [5.74, 6) is -0.400. The van der Waals surface area contributed by atoms with Gasteiger partial charge in [-0.2, -0.15) is 5.10 Å². The lowest BCUT2D eigenvalue weighted by molar-refractivity contribution is 0.0727. The van der Waals surface area contributed by atoms with E-state index in [1.165, 1.54) is 12.1 Å². The minimum Gasteiger partial charge on any atom is -0.328 e. The van der Waals surface area contributed by atoms with Crippen molar-refractivity contribution in [2.75, 3.05) is 0 Å². The van der Waals surface area contributed by atoms with Crippen LogP contribution < -0.4 is 0 Å². The van der Waals surface area contributed by atoms with Crippen LogP contribution in [0.3, 0.4) is 0 Å². The number of benzene rings is 1. The monoisotopic (exact) mass is 366 g/mol. The summed E-state index contributed by atoms with van der Waals surface area (Å²) in [6.07, 6.45) is 4.28. The Morgan fingerprint density at radius 2 is 1.93 bits per heavy atom. The van der Waals surface area contributed by atoms with Gasteiger partial charge in [0.2, 0.25) is 0 Å². The predicted octanol–water partition coefficient (Wildman–Crippen LogP) is 3.98. The van der Waals surface area contributed by atoms with E-state index in [0.717, 1.165) is 29.9 Å². The summed E-state index contributed by atoms with van der Waals surface area (Å²) in [4.78, 5) is 19.3. The molecule has 1 aromatic carbocycles. The molecular formula is C21H23FN4O. The zero-order valence-electron chi connectivity index (χ0n) is 15.6. The van der Waals surface area contributed by atoms with Gasteiger partial charge in [-0.3, -0.25) is 14.5 Å². The number of aryl methyl sites for hydroxylation is 1. The van der Waals surface area contributed by atoms with E-state index in [1.54, 1.807) is 29.4 Å². The SMILES string of the molecule is CCCn1ncc(C(=O)N(Cc2ccc(F)cc2)Cc2ccccn2)c1C. The number of aromatic nitrogens is 3. The van der Waals surface area contributed by atoms with Crippen LogP contribution in [0.5, 0.6) is 0 Å². The zero-order chi connectivity index (χ0) is 19.2. The Morgan fingerprint density at radius 3 is 2.59 bits per heavy atom. The second-order valence-electron chi connectivity index (χ2n) is 6.48. The van der Waals surface area contributed by atoms with Gasteiger partial charge in [0.25, 0.3) is 5.91 Å². The molecule has 0 radical (unpaired) electrons. The molecule has 2 heterocycles. The normalized spacial score (nSPS) is 10.8. The molecule has 3 aromatic rings. The van der Waals surface area contributed by atoms with E-state index in [0.29, 0.717) is 18.7 Å². The van der Waals surface area contributed by atoms with Gasteiger partial charge in [0, 0.05) is 25.0 Å². The maximum absolute atomic E-state index is 13.2. The first-order chi connectivity index (χ1) is 13.1. The maximum Gasteiger partial charge on any atom is 0.257 e. The second kappa shape index (κ2) is 8.58. The fourth-order valence-corrected chi connectivity index (χ4v) is 2.96. The molecule has 0 atom stereocenters. The molecule has 5 nitrogen and oxygen atoms in total. The van der Waals surface area contributed by atoms with E-state index < -0.39 is 0 Å². The van der Waals surface area contributed by atoms with Crippen molar-refractivity contribution in [3.05, 3.63) is 83.2 Å². The molecule has 0 aliphatic carbocycles. The first-order valence-electron chi connectivity index (χ1n) is 9.04. The molecule has 2 aromatic heterocycles. The average molecular weight is 366 g/mol. The highest BCUT2D eigenvalue weighted by atomic mass is 19.1. The molecule has 0 saturated heterocycles. The summed E-state index contributed by atoms with van der Waals surface area (Å²) < 4.78 is 15.1. The molecule has 1 amide bonds. The first-order valence-corrected chi connectivity index (χ1v) is 9.04. The molecular weight excluding hydrogens is 343 g/mol. The maximum atomic E-state index is 13.2. The van der Waals surface area contributed by atoms with Crippen LogP contribution >= 0.6 is 0 Å². The summed E-state index contributed by atoms with van der Waals surface area (Å²) >= 11 is 0. The number of carbonyl (C=O) groups is 1. The number of amides is 1. The van der Waals surface area contributed by atoms with Crippen molar-refractivity contribution < 1.29 is 9.18 Å². The number of nitrogens with zero attached hydrogens (tertiary/aromatic N) is 4. The van der Waals surface area contributed by atoms with Crippen LogP contribution in [0.15, 0.2) is 54.9 Å². The van der Waals surface area contributed by atoms with Gasteiger partial charge >= 0.3 is 0 Å². The van der Waals surface area contributed by atoms with Crippen LogP contribution in [0.1, 0.15) is 40.7 Å². The number of halogens is 1. The van der Waals surface area contributed by atoms with Crippen molar-refractivity contribution in [1.82, 2.24) is 19.7 Å². The number of hydrogen-bond acceptors (Lipinski definition) is 3. The topological polar surface area (TPSA) is 51.0 Å². The lowest BCUT2D eigenvalue weighted by Crippen LogP contribution is -2.30. The van der Waals surface area contributed by atoms with Crippen LogP contribution in [0, 0.1) is 12.7 Å². The Morgan fingerprint density at radius 1 is 1.15 bits per heavy atom. The largest absolute Gasteiger partial charge is 0.328 e. The molecule has 0 saturated carbocycles. The lowest BCUT2D eigenvalue weighted by Gasteiger charge is -2.22. The molecule has 0 aliphatic rings. The van der Waals surface area contributed by atoms with Crippen LogP contribution in [0.2, 0.25) is 0 Å². The molecule has 27 heavy (non-hydrogen) atoms. The van der Waals surface area contributed by atoms with Gasteiger partial charge < -0.3 is 4.90 Å². The third-order valence-electron chi connectivity index (χ3n) is 4.42. The standard InChI is InChI=1S/C21H23FN4O/c1-3-12-26-16(2)20(13-24-26)21(27)25(15-19-6-4-5-11-23-19)14-17-7-9-18(22)10-8-17/h4-11,13H,3,12,14-15H2,1-2H3. The Labute approximate surface area is 158 Å². The minimum atomic E-state index is -0.293. The third kappa shape index (κ3) is 4.58. The van der Waals surface area contributed by atoms with Crippen molar-refractivity contribution in [3.8, 4) is 0 Å². The fourth-order valence-electron chi connectivity index (χ4n) is 2.96. The predicted molar refractivity (Wildman–Crippen MR) is 101 cm³/mol. The Bertz CT molecular complexity index is 890. The van der Waals surface area contributed by atoms with E-state index in [-0.39, 0.29) is 11.7 Å². The number of pyridine rings is 1. The van der Waals surface area contributed by atoms with Gasteiger partial charge in [0.05, 0.1) is 24.0 Å². The molecule has 0 spiro atoms. The van der Waals surface area contributed by atoms with Crippen molar-refractivity contribution in [1.29, 1.82) is 0 Å². The van der Waals surface area contributed by atoms with Gasteiger partial charge in [-0.15, -0.1) is 0 Å². The van der Waals surface area contributed by atoms with E-state index in [4.69, 9.17) is 0 Å². The van der Waals surface area contributed by atoms with Gasteiger partial charge in [-0.05, 0) is 43.2 Å². The second-order valence-corrected chi connectivity index (χ2v) is 6.48. The number of rotatable bonds is 7. The molecule has 6 heteroatoms. The number of carbonyl (C=O) groups excluding carboxylic acids is 1. The minimum absolute atomic E-state index is 0.107. The van der Waals surface area contributed by atoms with Gasteiger partial charge in [-0.1, -0.05) is 25.1 Å². The van der Waals surface area contributed by atoms with E-state index >= 15 is 0 Å². The molecule has 3 rings (SSSR count). The van der Waals surface area contributed by atoms with Gasteiger partial charge in [0.1, 0.15) is 5.82 Å². The molecule has 0 N–H and O–H groups in total. The third-order valence-corrected chi connectivity index (χ3v) is 4.42. The molecule has 0 fully saturated rings. The molecule has 0 unspecified atom stereocenters. The summed E-state index contributed by atoms with van der Waals surface area (Å²) in [5, 5.41) is 4.34. The molecule has 0 aliphatic heterocycles. The van der Waals surface area contributed by atoms with Crippen molar-refractivity contribution >= 4 is 5.91 Å². The van der Waals surface area contributed by atoms with Crippen LogP contribution in [0.25, 0.3) is 0 Å². The Kier molecular flexibility index (Phi) is 5.96. The highest BCUT2D eigenvalue weighted by Crippen LogP contribution is 2.16. The Hall–Kier alpha value is -3.02. The molecule has 140 valence electrons. The fraction of sp³-hybridized carbons (Fsp3) is 0.286. The van der Waals surface area contributed by atoms with Gasteiger partial charge in [0.15, 0.2) is 0 Å². The van der Waals surface area contributed by atoms with Crippen LogP contribution in [0.4, 0.5) is 4.39 Å². The van der Waals surface area contributed by atoms with Crippen LogP contribution in [-0.4, -0.2) is 25.6 Å². The summed E-state index contributed by atoms with van der Waals surface area (Å²) in [5.41, 5.74) is 3.10. The molecule has 0 bridgehead atoms. The first kappa shape index (κ1) is 18.8. The van der Waals surface area contributed by atoms with Crippen molar-refractivity contribution in [2.45, 2.75) is 39.9 Å². The zero-order valence-corrected chi connectivity index (χ0v) is 15.6. The van der Waals surface area contributed by atoms with Crippen molar-refractivity contribution in [2.24, 2.45) is 0 Å². The Balaban J connectivity index is 1.88. The average Bonchev–Trinajstić information content (AvgIpc) is 3.04. The van der Waals surface area contributed by atoms with Gasteiger partial charge in [-0.25, -0.2) is 4.39 Å². The quantitative estimate of drug-likeness (QED) is 0.636. The van der Waals surface area contributed by atoms with E-state index in [2.05, 4.69) is 17.0 Å². The summed E-state index contributed by atoms with van der Waals surface area (Å²) in [6, 6.07) is 11.8. The highest BCUT2D eigenvalue weighted by molar-refractivity contribution is 5.95. The summed E-state index contributed by atoms with van der Waals surface area (Å²) in [6.45, 7) is 5.50. The summed E-state index contributed by atoms with van der Waals surface area (Å²) in [7, 11) is 0. The highest BCUT2D eigenvalue weighted by Gasteiger charge is 2.21. The van der Waals surface area contributed by atoms with E-state index in [9.17, 15) is 9.18 Å². The van der Waals surface area contributed by atoms with E-state index in [1.807, 2.05) is 29.8 Å².